The van der Waals surface area contributed by atoms with Crippen molar-refractivity contribution in [1.29, 1.82) is 0 Å². The fourth-order valence-corrected chi connectivity index (χ4v) is 2.09. The van der Waals surface area contributed by atoms with Crippen molar-refractivity contribution in [2.24, 2.45) is 0 Å². The van der Waals surface area contributed by atoms with Crippen molar-refractivity contribution in [1.82, 2.24) is 10.2 Å². The van der Waals surface area contributed by atoms with Gasteiger partial charge in [0.1, 0.15) is 0 Å². The lowest BCUT2D eigenvalue weighted by Gasteiger charge is -2.29. The first-order chi connectivity index (χ1) is 6.77. The lowest BCUT2D eigenvalue weighted by atomic mass is 10.1. The third-order valence-corrected chi connectivity index (χ3v) is 3.13. The molecule has 2 unspecified atom stereocenters. The minimum Gasteiger partial charge on any atom is -0.313 e. The van der Waals surface area contributed by atoms with E-state index in [1.54, 1.807) is 0 Å². The summed E-state index contributed by atoms with van der Waals surface area (Å²) in [6, 6.07) is 1.34. The Balaban J connectivity index is 2.45. The second-order valence-corrected chi connectivity index (χ2v) is 4.28. The van der Waals surface area contributed by atoms with E-state index in [2.05, 4.69) is 30.6 Å². The summed E-state index contributed by atoms with van der Waals surface area (Å²) in [4.78, 5) is 2.59. The predicted octanol–water partition coefficient (Wildman–Crippen LogP) is 2.02. The molecule has 1 rings (SSSR count). The summed E-state index contributed by atoms with van der Waals surface area (Å²) in [6.45, 7) is 12.0. The highest BCUT2D eigenvalue weighted by Crippen LogP contribution is 2.10. The molecule has 0 bridgehead atoms. The molecule has 0 saturated carbocycles. The Hall–Kier alpha value is -0.340. The van der Waals surface area contributed by atoms with Crippen LogP contribution in [-0.2, 0) is 0 Å². The molecule has 0 aliphatic carbocycles. The summed E-state index contributed by atoms with van der Waals surface area (Å²) in [5, 5.41) is 3.59. The molecule has 0 amide bonds. The van der Waals surface area contributed by atoms with Crippen LogP contribution >= 0.6 is 0 Å². The fraction of sp³-hybridized carbons (Fsp3) is 0.833. The minimum absolute atomic E-state index is 0.654. The zero-order chi connectivity index (χ0) is 10.4. The molecule has 1 N–H and O–H groups in total. The first-order valence-corrected chi connectivity index (χ1v) is 5.86. The van der Waals surface area contributed by atoms with Crippen LogP contribution < -0.4 is 5.32 Å². The monoisotopic (exact) mass is 196 g/mol. The molecular weight excluding hydrogens is 172 g/mol. The highest BCUT2D eigenvalue weighted by molar-refractivity contribution is 4.82. The van der Waals surface area contributed by atoms with Gasteiger partial charge in [-0.2, -0.15) is 0 Å². The summed E-state index contributed by atoms with van der Waals surface area (Å²) < 4.78 is 0. The molecular formula is C12H24N2. The van der Waals surface area contributed by atoms with Crippen molar-refractivity contribution in [2.75, 3.05) is 19.6 Å². The summed E-state index contributed by atoms with van der Waals surface area (Å²) in [6.07, 6.45) is 5.65. The number of nitrogens with zero attached hydrogens (tertiary/aromatic N) is 1. The highest BCUT2D eigenvalue weighted by Gasteiger charge is 2.19. The third kappa shape index (κ3) is 3.43. The standard InChI is InChI=1S/C12H24N2/c1-4-7-11(3)14-9-6-8-13-12(5-2)10-14/h4,11-13H,1,5-10H2,2-3H3. The summed E-state index contributed by atoms with van der Waals surface area (Å²) in [5.74, 6) is 0. The molecule has 0 aromatic heterocycles. The van der Waals surface area contributed by atoms with E-state index < -0.39 is 0 Å². The smallest absolute Gasteiger partial charge is 0.0192 e. The summed E-state index contributed by atoms with van der Waals surface area (Å²) in [7, 11) is 0. The maximum atomic E-state index is 3.82. The Morgan fingerprint density at radius 3 is 3.07 bits per heavy atom. The Morgan fingerprint density at radius 1 is 1.64 bits per heavy atom. The molecule has 0 radical (unpaired) electrons. The molecule has 2 atom stereocenters. The van der Waals surface area contributed by atoms with E-state index in [4.69, 9.17) is 0 Å². The Morgan fingerprint density at radius 2 is 2.43 bits per heavy atom. The van der Waals surface area contributed by atoms with E-state index in [0.29, 0.717) is 12.1 Å². The van der Waals surface area contributed by atoms with Gasteiger partial charge in [-0.25, -0.2) is 0 Å². The first-order valence-electron chi connectivity index (χ1n) is 5.86. The van der Waals surface area contributed by atoms with Gasteiger partial charge in [-0.15, -0.1) is 6.58 Å². The van der Waals surface area contributed by atoms with Crippen LogP contribution in [0.25, 0.3) is 0 Å². The molecule has 1 aliphatic heterocycles. The van der Waals surface area contributed by atoms with E-state index in [1.807, 2.05) is 6.08 Å². The largest absolute Gasteiger partial charge is 0.313 e. The van der Waals surface area contributed by atoms with Gasteiger partial charge in [0, 0.05) is 18.6 Å². The summed E-state index contributed by atoms with van der Waals surface area (Å²) >= 11 is 0. The zero-order valence-corrected chi connectivity index (χ0v) is 9.63. The van der Waals surface area contributed by atoms with Crippen LogP contribution in [0.3, 0.4) is 0 Å². The van der Waals surface area contributed by atoms with Crippen molar-refractivity contribution in [3.63, 3.8) is 0 Å². The number of hydrogen-bond acceptors (Lipinski definition) is 2. The Labute approximate surface area is 88.4 Å². The van der Waals surface area contributed by atoms with Crippen molar-refractivity contribution in [2.45, 2.75) is 45.2 Å². The summed E-state index contributed by atoms with van der Waals surface area (Å²) in [5.41, 5.74) is 0. The molecule has 0 spiro atoms. The van der Waals surface area contributed by atoms with Crippen molar-refractivity contribution < 1.29 is 0 Å². The van der Waals surface area contributed by atoms with Gasteiger partial charge in [-0.3, -0.25) is 4.90 Å². The van der Waals surface area contributed by atoms with Crippen LogP contribution in [0.15, 0.2) is 12.7 Å². The van der Waals surface area contributed by atoms with E-state index in [9.17, 15) is 0 Å². The fourth-order valence-electron chi connectivity index (χ4n) is 2.09. The van der Waals surface area contributed by atoms with Crippen LogP contribution in [0.2, 0.25) is 0 Å². The zero-order valence-electron chi connectivity index (χ0n) is 9.63. The SMILES string of the molecule is C=CCC(C)N1CCCNC(CC)C1. The van der Waals surface area contributed by atoms with Crippen LogP contribution in [0.1, 0.15) is 33.1 Å². The Bertz CT molecular complexity index is 168. The van der Waals surface area contributed by atoms with Gasteiger partial charge in [0.25, 0.3) is 0 Å². The van der Waals surface area contributed by atoms with Gasteiger partial charge in [-0.05, 0) is 39.3 Å². The maximum Gasteiger partial charge on any atom is 0.0192 e. The molecule has 0 aromatic carbocycles. The van der Waals surface area contributed by atoms with Crippen molar-refractivity contribution >= 4 is 0 Å². The van der Waals surface area contributed by atoms with E-state index in [-0.39, 0.29) is 0 Å². The van der Waals surface area contributed by atoms with Crippen LogP contribution in [-0.4, -0.2) is 36.6 Å². The van der Waals surface area contributed by atoms with E-state index in [0.717, 1.165) is 6.42 Å². The van der Waals surface area contributed by atoms with Gasteiger partial charge < -0.3 is 5.32 Å². The second-order valence-electron chi connectivity index (χ2n) is 4.28. The number of rotatable bonds is 4. The quantitative estimate of drug-likeness (QED) is 0.692. The topological polar surface area (TPSA) is 15.3 Å². The normalized spacial score (nSPS) is 26.9. The maximum absolute atomic E-state index is 3.82. The second kappa shape index (κ2) is 6.20. The van der Waals surface area contributed by atoms with Gasteiger partial charge in [-0.1, -0.05) is 13.0 Å². The van der Waals surface area contributed by atoms with Crippen LogP contribution in [0.5, 0.6) is 0 Å². The molecule has 0 aromatic rings. The third-order valence-electron chi connectivity index (χ3n) is 3.13. The molecule has 14 heavy (non-hydrogen) atoms. The van der Waals surface area contributed by atoms with Crippen LogP contribution in [0, 0.1) is 0 Å². The molecule has 1 heterocycles. The van der Waals surface area contributed by atoms with Gasteiger partial charge in [0.05, 0.1) is 0 Å². The molecule has 1 aliphatic rings. The van der Waals surface area contributed by atoms with Crippen molar-refractivity contribution in [3.8, 4) is 0 Å². The number of nitrogens with one attached hydrogen (secondary N) is 1. The number of hydrogen-bond donors (Lipinski definition) is 1. The van der Waals surface area contributed by atoms with Crippen molar-refractivity contribution in [3.05, 3.63) is 12.7 Å². The van der Waals surface area contributed by atoms with Gasteiger partial charge >= 0.3 is 0 Å². The average Bonchev–Trinajstić information content (AvgIpc) is 2.43. The Kier molecular flexibility index (Phi) is 5.20. The van der Waals surface area contributed by atoms with Crippen LogP contribution in [0.4, 0.5) is 0 Å². The highest BCUT2D eigenvalue weighted by atomic mass is 15.2. The molecule has 82 valence electrons. The first kappa shape index (κ1) is 11.7. The lowest BCUT2D eigenvalue weighted by Crippen LogP contribution is -2.41. The molecule has 2 nitrogen and oxygen atoms in total. The molecule has 2 heteroatoms. The van der Waals surface area contributed by atoms with Gasteiger partial charge in [0.2, 0.25) is 0 Å². The average molecular weight is 196 g/mol. The predicted molar refractivity (Wildman–Crippen MR) is 62.5 cm³/mol. The van der Waals surface area contributed by atoms with E-state index in [1.165, 1.54) is 32.5 Å². The van der Waals surface area contributed by atoms with Gasteiger partial charge in [0.15, 0.2) is 0 Å². The lowest BCUT2D eigenvalue weighted by molar-refractivity contribution is 0.204. The van der Waals surface area contributed by atoms with E-state index >= 15 is 0 Å². The molecule has 1 saturated heterocycles. The minimum atomic E-state index is 0.654. The molecule has 1 fully saturated rings.